The van der Waals surface area contributed by atoms with Crippen LogP contribution in [-0.4, -0.2) is 116 Å². The Morgan fingerprint density at radius 1 is 1.21 bits per heavy atom. The second-order valence-electron chi connectivity index (χ2n) is 10.4. The van der Waals surface area contributed by atoms with Gasteiger partial charge in [0.25, 0.3) is 0 Å². The first-order valence-electron chi connectivity index (χ1n) is 13.4. The lowest BCUT2D eigenvalue weighted by Gasteiger charge is -2.44. The van der Waals surface area contributed by atoms with E-state index in [-0.39, 0.29) is 36.5 Å². The quantitative estimate of drug-likeness (QED) is 0.146. The van der Waals surface area contributed by atoms with Gasteiger partial charge < -0.3 is 40.3 Å². The van der Waals surface area contributed by atoms with Gasteiger partial charge in [-0.1, -0.05) is 31.5 Å². The summed E-state index contributed by atoms with van der Waals surface area (Å²) in [6, 6.07) is 5.12. The number of carbonyl (C=O) groups excluding carboxylic acids is 2. The van der Waals surface area contributed by atoms with Crippen molar-refractivity contribution in [3.63, 3.8) is 0 Å². The third-order valence-corrected chi connectivity index (χ3v) is 8.55. The van der Waals surface area contributed by atoms with E-state index >= 15 is 0 Å². The van der Waals surface area contributed by atoms with Gasteiger partial charge in [-0.25, -0.2) is 4.79 Å². The minimum absolute atomic E-state index is 0.0390. The third kappa shape index (κ3) is 7.92. The maximum Gasteiger partial charge on any atom is 0.338 e. The monoisotopic (exact) mass is 570 g/mol. The highest BCUT2D eigenvalue weighted by Gasteiger charge is 2.49. The van der Waals surface area contributed by atoms with Crippen LogP contribution in [0.4, 0.5) is 0 Å². The molecule has 2 saturated heterocycles. The number of benzene rings is 1. The average Bonchev–Trinajstić information content (AvgIpc) is 3.29. The van der Waals surface area contributed by atoms with Crippen molar-refractivity contribution in [2.45, 2.75) is 87.8 Å². The van der Waals surface area contributed by atoms with Gasteiger partial charge in [0.2, 0.25) is 5.91 Å². The first kappa shape index (κ1) is 31.8. The van der Waals surface area contributed by atoms with Crippen LogP contribution >= 0.6 is 11.8 Å². The number of carbonyl (C=O) groups is 2. The Morgan fingerprint density at radius 2 is 1.92 bits per heavy atom. The van der Waals surface area contributed by atoms with Gasteiger partial charge in [-0.2, -0.15) is 0 Å². The summed E-state index contributed by atoms with van der Waals surface area (Å²) in [7, 11) is 1.88. The molecule has 0 unspecified atom stereocenters. The van der Waals surface area contributed by atoms with E-state index in [0.29, 0.717) is 17.9 Å². The zero-order valence-corrected chi connectivity index (χ0v) is 23.5. The average molecular weight is 571 g/mol. The number of thioether (sulfide) groups is 1. The van der Waals surface area contributed by atoms with E-state index in [1.807, 2.05) is 11.9 Å². The Morgan fingerprint density at radius 3 is 2.59 bits per heavy atom. The van der Waals surface area contributed by atoms with E-state index in [0.717, 1.165) is 31.1 Å². The number of hydrogen-bond donors (Lipinski definition) is 6. The second kappa shape index (κ2) is 14.7. The van der Waals surface area contributed by atoms with E-state index in [4.69, 9.17) is 9.47 Å². The van der Waals surface area contributed by atoms with Gasteiger partial charge >= 0.3 is 5.97 Å². The first-order valence-corrected chi connectivity index (χ1v) is 14.5. The van der Waals surface area contributed by atoms with Gasteiger partial charge in [-0.15, -0.1) is 11.8 Å². The van der Waals surface area contributed by atoms with Gasteiger partial charge in [0.15, 0.2) is 0 Å². The van der Waals surface area contributed by atoms with Crippen LogP contribution in [-0.2, 0) is 20.9 Å². The number of amides is 1. The predicted octanol–water partition coefficient (Wildman–Crippen LogP) is -0.137. The van der Waals surface area contributed by atoms with Gasteiger partial charge in [-0.05, 0) is 44.4 Å². The number of aliphatic hydroxyl groups is 5. The summed E-state index contributed by atoms with van der Waals surface area (Å²) in [6.07, 6.45) is -4.16. The van der Waals surface area contributed by atoms with Crippen LogP contribution in [0.15, 0.2) is 24.3 Å². The number of rotatable bonds is 12. The summed E-state index contributed by atoms with van der Waals surface area (Å²) in [6.45, 7) is 4.02. The molecule has 6 N–H and O–H groups in total. The van der Waals surface area contributed by atoms with E-state index in [1.54, 1.807) is 24.3 Å². The molecule has 0 spiro atoms. The number of nitrogens with zero attached hydrogens (tertiary/aromatic N) is 1. The molecule has 2 fully saturated rings. The molecule has 1 aromatic carbocycles. The minimum atomic E-state index is -1.58. The normalized spacial score (nSPS) is 31.0. The molecular weight excluding hydrogens is 528 g/mol. The van der Waals surface area contributed by atoms with Crippen LogP contribution < -0.4 is 5.32 Å². The van der Waals surface area contributed by atoms with E-state index in [2.05, 4.69) is 12.2 Å². The Labute approximate surface area is 233 Å². The second-order valence-corrected chi connectivity index (χ2v) is 11.6. The van der Waals surface area contributed by atoms with Crippen molar-refractivity contribution in [2.24, 2.45) is 5.92 Å². The molecule has 1 aromatic rings. The minimum Gasteiger partial charge on any atom is -0.461 e. The predicted molar refractivity (Wildman–Crippen MR) is 145 cm³/mol. The van der Waals surface area contributed by atoms with Gasteiger partial charge in [0.1, 0.15) is 36.5 Å². The lowest BCUT2D eigenvalue weighted by Crippen LogP contribution is -2.65. The summed E-state index contributed by atoms with van der Waals surface area (Å²) in [5, 5.41) is 54.5. The smallest absolute Gasteiger partial charge is 0.338 e. The van der Waals surface area contributed by atoms with Crippen molar-refractivity contribution >= 4 is 23.6 Å². The maximum absolute atomic E-state index is 13.2. The van der Waals surface area contributed by atoms with Crippen LogP contribution in [0.25, 0.3) is 0 Å². The van der Waals surface area contributed by atoms with Gasteiger partial charge in [-0.3, -0.25) is 9.69 Å². The fourth-order valence-corrected chi connectivity index (χ4v) is 6.29. The van der Waals surface area contributed by atoms with Crippen LogP contribution in [0, 0.1) is 5.92 Å². The molecule has 2 aliphatic heterocycles. The molecule has 39 heavy (non-hydrogen) atoms. The molecule has 12 heteroatoms. The van der Waals surface area contributed by atoms with Crippen molar-refractivity contribution in [1.82, 2.24) is 10.2 Å². The molecule has 2 aliphatic rings. The van der Waals surface area contributed by atoms with Crippen LogP contribution in [0.2, 0.25) is 0 Å². The largest absolute Gasteiger partial charge is 0.461 e. The number of ether oxygens (including phenoxy) is 2. The Hall–Kier alpha value is -1.77. The molecule has 0 bridgehead atoms. The molecule has 0 aromatic heterocycles. The molecule has 0 aliphatic carbocycles. The Bertz CT molecular complexity index is 952. The van der Waals surface area contributed by atoms with Crippen LogP contribution in [0.5, 0.6) is 0 Å². The van der Waals surface area contributed by atoms with E-state index in [1.165, 1.54) is 6.92 Å². The summed E-state index contributed by atoms with van der Waals surface area (Å²) < 4.78 is 11.2. The molecule has 2 heterocycles. The molecule has 11 nitrogen and oxygen atoms in total. The fourth-order valence-electron chi connectivity index (χ4n) is 5.31. The highest BCUT2D eigenvalue weighted by molar-refractivity contribution is 7.99. The number of likely N-dealkylation sites (N-methyl/N-ethyl adjacent to an activating group) is 1. The number of nitrogens with one attached hydrogen (secondary N) is 1. The zero-order valence-electron chi connectivity index (χ0n) is 22.7. The molecule has 220 valence electrons. The number of hydrogen-bond acceptors (Lipinski definition) is 11. The van der Waals surface area contributed by atoms with E-state index in [9.17, 15) is 35.1 Å². The van der Waals surface area contributed by atoms with Crippen molar-refractivity contribution in [3.05, 3.63) is 35.4 Å². The van der Waals surface area contributed by atoms with Crippen molar-refractivity contribution < 1.29 is 44.6 Å². The first-order chi connectivity index (χ1) is 18.6. The van der Waals surface area contributed by atoms with Crippen LogP contribution in [0.1, 0.15) is 49.0 Å². The number of esters is 1. The molecule has 1 amide bonds. The zero-order chi connectivity index (χ0) is 28.7. The number of aliphatic hydroxyl groups excluding tert-OH is 5. The summed E-state index contributed by atoms with van der Waals surface area (Å²) in [4.78, 5) is 27.5. The molecular formula is C27H42N2O9S. The number of likely N-dealkylation sites (tertiary alicyclic amines) is 1. The molecule has 0 radical (unpaired) electrons. The lowest BCUT2D eigenvalue weighted by atomic mass is 9.92. The SMILES string of the molecule is CCC[C@@H]1C[C@@H](C(=O)N[C@@H]([C@H]2O[C@H](SCCOC(=O)c3ccccc3CO)[C@H](O)[C@@H](O)[C@H]2O)[C@@H](C)O)N(C)C1. The lowest BCUT2D eigenvalue weighted by molar-refractivity contribution is -0.211. The maximum atomic E-state index is 13.2. The molecule has 3 rings (SSSR count). The summed E-state index contributed by atoms with van der Waals surface area (Å²) >= 11 is 1.07. The third-order valence-electron chi connectivity index (χ3n) is 7.43. The molecule has 9 atom stereocenters. The fraction of sp³-hybridized carbons (Fsp3) is 0.704. The van der Waals surface area contributed by atoms with Crippen molar-refractivity contribution in [3.8, 4) is 0 Å². The molecule has 0 saturated carbocycles. The highest BCUT2D eigenvalue weighted by atomic mass is 32.2. The van der Waals surface area contributed by atoms with Gasteiger partial charge in [0, 0.05) is 12.3 Å². The van der Waals surface area contributed by atoms with Gasteiger partial charge in [0.05, 0.1) is 30.4 Å². The van der Waals surface area contributed by atoms with Crippen molar-refractivity contribution in [2.75, 3.05) is 26.0 Å². The summed E-state index contributed by atoms with van der Waals surface area (Å²) in [5.41, 5.74) is -0.322. The highest BCUT2D eigenvalue weighted by Crippen LogP contribution is 2.31. The van der Waals surface area contributed by atoms with Crippen LogP contribution in [0.3, 0.4) is 0 Å². The topological polar surface area (TPSA) is 169 Å². The Balaban J connectivity index is 1.60. The van der Waals surface area contributed by atoms with Crippen molar-refractivity contribution in [1.29, 1.82) is 0 Å². The summed E-state index contributed by atoms with van der Waals surface area (Å²) in [5.74, 6) is -0.297. The van der Waals surface area contributed by atoms with E-state index < -0.39 is 48.0 Å². The Kier molecular flexibility index (Phi) is 12.0. The standard InChI is InChI=1S/C27H42N2O9S/c1-4-7-16-12-19(29(3)13-16)25(35)28-20(15(2)31)24-22(33)21(32)23(34)27(38-24)39-11-10-37-26(36)18-9-6-5-8-17(18)14-30/h5-6,8-9,15-16,19-24,27,30-34H,4,7,10-14H2,1-3H3,(H,28,35)/t15-,16-,19+,20-,21+,22-,23-,24-,27-/m1/s1.